The van der Waals surface area contributed by atoms with Crippen molar-refractivity contribution in [3.63, 3.8) is 0 Å². The Balaban J connectivity index is 2.89. The second kappa shape index (κ2) is 7.02. The third-order valence-corrected chi connectivity index (χ3v) is 4.51. The molecule has 1 atom stereocenters. The van der Waals surface area contributed by atoms with E-state index in [2.05, 4.69) is 9.82 Å². The average Bonchev–Trinajstić information content (AvgIpc) is 2.68. The van der Waals surface area contributed by atoms with Crippen LogP contribution >= 0.6 is 11.6 Å². The lowest BCUT2D eigenvalue weighted by Gasteiger charge is -2.14. The van der Waals surface area contributed by atoms with Crippen LogP contribution in [0.1, 0.15) is 12.8 Å². The van der Waals surface area contributed by atoms with Crippen LogP contribution in [0.25, 0.3) is 0 Å². The fraction of sp³-hybridized carbons (Fsp3) is 0.600. The Morgan fingerprint density at radius 1 is 1.65 bits per heavy atom. The number of ether oxygens (including phenoxy) is 1. The van der Waals surface area contributed by atoms with Crippen LogP contribution in [0.4, 0.5) is 0 Å². The molecule has 1 unspecified atom stereocenters. The van der Waals surface area contributed by atoms with Crippen LogP contribution in [-0.2, 0) is 26.6 Å². The molecule has 8 nitrogen and oxygen atoms in total. The van der Waals surface area contributed by atoms with Gasteiger partial charge in [-0.15, -0.1) is 0 Å². The van der Waals surface area contributed by atoms with Crippen LogP contribution < -0.4 is 4.72 Å². The van der Waals surface area contributed by atoms with Crippen molar-refractivity contribution in [2.45, 2.75) is 23.9 Å². The van der Waals surface area contributed by atoms with Gasteiger partial charge in [0, 0.05) is 20.8 Å². The molecule has 0 saturated heterocycles. The molecule has 0 aliphatic rings. The molecule has 10 heteroatoms. The standard InChI is InChI=1S/C10H16ClN3O5S/c1-14-9(7(11)6-12-14)20(17,18)13-8(10(15)16)4-3-5-19-2/h6,8,13H,3-5H2,1-2H3,(H,15,16). The van der Waals surface area contributed by atoms with Gasteiger partial charge in [0.15, 0.2) is 5.03 Å². The molecular formula is C10H16ClN3O5S. The molecule has 0 amide bonds. The summed E-state index contributed by atoms with van der Waals surface area (Å²) < 4.78 is 32.2. The first kappa shape index (κ1) is 16.9. The summed E-state index contributed by atoms with van der Waals surface area (Å²) in [5.41, 5.74) is 0. The van der Waals surface area contributed by atoms with E-state index >= 15 is 0 Å². The highest BCUT2D eigenvalue weighted by Crippen LogP contribution is 2.20. The van der Waals surface area contributed by atoms with Crippen LogP contribution in [0.2, 0.25) is 5.02 Å². The quantitative estimate of drug-likeness (QED) is 0.662. The van der Waals surface area contributed by atoms with Gasteiger partial charge in [-0.25, -0.2) is 8.42 Å². The fourth-order valence-corrected chi connectivity index (χ4v) is 3.49. The minimum Gasteiger partial charge on any atom is -0.480 e. The van der Waals surface area contributed by atoms with E-state index in [1.54, 1.807) is 0 Å². The van der Waals surface area contributed by atoms with E-state index in [0.717, 1.165) is 4.68 Å². The topological polar surface area (TPSA) is 111 Å². The maximum Gasteiger partial charge on any atom is 0.321 e. The molecule has 0 aliphatic heterocycles. The van der Waals surface area contributed by atoms with Gasteiger partial charge in [0.05, 0.1) is 11.2 Å². The van der Waals surface area contributed by atoms with Gasteiger partial charge in [-0.3, -0.25) is 9.48 Å². The SMILES string of the molecule is COCCCC(NS(=O)(=O)c1c(Cl)cnn1C)C(=O)O. The summed E-state index contributed by atoms with van der Waals surface area (Å²) in [5, 5.41) is 12.4. The Morgan fingerprint density at radius 3 is 2.75 bits per heavy atom. The molecule has 2 N–H and O–H groups in total. The summed E-state index contributed by atoms with van der Waals surface area (Å²) >= 11 is 5.75. The van der Waals surface area contributed by atoms with E-state index in [-0.39, 0.29) is 16.5 Å². The van der Waals surface area contributed by atoms with Crippen molar-refractivity contribution >= 4 is 27.6 Å². The van der Waals surface area contributed by atoms with Crippen molar-refractivity contribution in [3.8, 4) is 0 Å². The maximum atomic E-state index is 12.1. The van der Waals surface area contributed by atoms with Gasteiger partial charge >= 0.3 is 5.97 Å². The Bertz CT molecular complexity index is 552. The second-order valence-corrected chi connectivity index (χ2v) is 6.10. The van der Waals surface area contributed by atoms with Gasteiger partial charge in [0.25, 0.3) is 10.0 Å². The van der Waals surface area contributed by atoms with Gasteiger partial charge in [-0.1, -0.05) is 11.6 Å². The second-order valence-electron chi connectivity index (χ2n) is 4.07. The van der Waals surface area contributed by atoms with Crippen molar-refractivity contribution in [1.82, 2.24) is 14.5 Å². The van der Waals surface area contributed by atoms with Gasteiger partial charge < -0.3 is 9.84 Å². The Morgan fingerprint density at radius 2 is 2.30 bits per heavy atom. The number of carboxylic acid groups (broad SMARTS) is 1. The molecule has 0 bridgehead atoms. The summed E-state index contributed by atoms with van der Waals surface area (Å²) in [6, 6.07) is -1.25. The number of aromatic nitrogens is 2. The molecular weight excluding hydrogens is 310 g/mol. The van der Waals surface area contributed by atoms with E-state index in [9.17, 15) is 13.2 Å². The van der Waals surface area contributed by atoms with Crippen molar-refractivity contribution < 1.29 is 23.1 Å². The van der Waals surface area contributed by atoms with Crippen LogP contribution in [-0.4, -0.2) is 49.0 Å². The average molecular weight is 326 g/mol. The smallest absolute Gasteiger partial charge is 0.321 e. The molecule has 0 fully saturated rings. The normalized spacial score (nSPS) is 13.3. The highest BCUT2D eigenvalue weighted by atomic mass is 35.5. The van der Waals surface area contributed by atoms with Crippen molar-refractivity contribution in [1.29, 1.82) is 0 Å². The lowest BCUT2D eigenvalue weighted by Crippen LogP contribution is -2.41. The molecule has 1 heterocycles. The number of nitrogens with one attached hydrogen (secondary N) is 1. The number of methoxy groups -OCH3 is 1. The summed E-state index contributed by atoms with van der Waals surface area (Å²) in [4.78, 5) is 11.1. The first-order valence-corrected chi connectivity index (χ1v) is 7.57. The number of halogens is 1. The maximum absolute atomic E-state index is 12.1. The lowest BCUT2D eigenvalue weighted by molar-refractivity contribution is -0.139. The number of hydrogen-bond donors (Lipinski definition) is 2. The number of carbonyl (C=O) groups is 1. The Hall–Kier alpha value is -1.16. The fourth-order valence-electron chi connectivity index (χ4n) is 1.61. The van der Waals surface area contributed by atoms with E-state index in [1.165, 1.54) is 20.4 Å². The molecule has 1 rings (SSSR count). The van der Waals surface area contributed by atoms with Crippen LogP contribution in [0.3, 0.4) is 0 Å². The van der Waals surface area contributed by atoms with E-state index in [4.69, 9.17) is 21.4 Å². The van der Waals surface area contributed by atoms with Crippen molar-refractivity contribution in [3.05, 3.63) is 11.2 Å². The third-order valence-electron chi connectivity index (χ3n) is 2.53. The van der Waals surface area contributed by atoms with Gasteiger partial charge in [0.2, 0.25) is 0 Å². The number of nitrogens with zero attached hydrogens (tertiary/aromatic N) is 2. The van der Waals surface area contributed by atoms with Crippen LogP contribution in [0.15, 0.2) is 11.2 Å². The Labute approximate surface area is 121 Å². The highest BCUT2D eigenvalue weighted by molar-refractivity contribution is 7.89. The molecule has 0 aromatic carbocycles. The first-order chi connectivity index (χ1) is 9.29. The van der Waals surface area contributed by atoms with Gasteiger partial charge in [-0.2, -0.15) is 9.82 Å². The zero-order valence-corrected chi connectivity index (χ0v) is 12.6. The number of hydrogen-bond acceptors (Lipinski definition) is 5. The molecule has 0 saturated carbocycles. The predicted molar refractivity (Wildman–Crippen MR) is 71.1 cm³/mol. The lowest BCUT2D eigenvalue weighted by atomic mass is 10.2. The summed E-state index contributed by atoms with van der Waals surface area (Å²) in [5.74, 6) is -1.26. The summed E-state index contributed by atoms with van der Waals surface area (Å²) in [6.45, 7) is 0.345. The minimum atomic E-state index is -4.06. The number of aryl methyl sites for hydroxylation is 1. The number of rotatable bonds is 8. The molecule has 0 aliphatic carbocycles. The van der Waals surface area contributed by atoms with E-state index in [1.807, 2.05) is 0 Å². The molecule has 1 aromatic heterocycles. The molecule has 20 heavy (non-hydrogen) atoms. The van der Waals surface area contributed by atoms with Crippen LogP contribution in [0.5, 0.6) is 0 Å². The monoisotopic (exact) mass is 325 g/mol. The van der Waals surface area contributed by atoms with Gasteiger partial charge in [0.1, 0.15) is 6.04 Å². The van der Waals surface area contributed by atoms with Crippen LogP contribution in [0, 0.1) is 0 Å². The zero-order valence-electron chi connectivity index (χ0n) is 11.0. The molecule has 114 valence electrons. The van der Waals surface area contributed by atoms with E-state index in [0.29, 0.717) is 13.0 Å². The zero-order chi connectivity index (χ0) is 15.3. The number of carboxylic acids is 1. The largest absolute Gasteiger partial charge is 0.480 e. The highest BCUT2D eigenvalue weighted by Gasteiger charge is 2.29. The van der Waals surface area contributed by atoms with Crippen molar-refractivity contribution in [2.24, 2.45) is 7.05 Å². The third kappa shape index (κ3) is 4.17. The molecule has 0 radical (unpaired) electrons. The minimum absolute atomic E-state index is 0.0685. The Kier molecular flexibility index (Phi) is 5.93. The van der Waals surface area contributed by atoms with Gasteiger partial charge in [-0.05, 0) is 12.8 Å². The van der Waals surface area contributed by atoms with E-state index < -0.39 is 22.0 Å². The summed E-state index contributed by atoms with van der Waals surface area (Å²) in [7, 11) is -1.18. The number of sulfonamides is 1. The summed E-state index contributed by atoms with van der Waals surface area (Å²) in [6.07, 6.45) is 1.70. The molecule has 0 spiro atoms. The van der Waals surface area contributed by atoms with Crippen molar-refractivity contribution in [2.75, 3.05) is 13.7 Å². The molecule has 1 aromatic rings. The first-order valence-electron chi connectivity index (χ1n) is 5.71. The predicted octanol–water partition coefficient (Wildman–Crippen LogP) is 0.232. The number of aliphatic carboxylic acids is 1.